The Labute approximate surface area is 114 Å². The van der Waals surface area contributed by atoms with Crippen molar-refractivity contribution in [1.29, 1.82) is 0 Å². The lowest BCUT2D eigenvalue weighted by molar-refractivity contribution is 0.233. The minimum absolute atomic E-state index is 0.247. The first-order valence-corrected chi connectivity index (χ1v) is 8.10. The Bertz CT molecular complexity index is 586. The van der Waals surface area contributed by atoms with E-state index in [4.69, 9.17) is 4.18 Å². The summed E-state index contributed by atoms with van der Waals surface area (Å²) < 4.78 is 29.4. The van der Waals surface area contributed by atoms with Gasteiger partial charge in [0.1, 0.15) is 0 Å². The average Bonchev–Trinajstić information content (AvgIpc) is 2.99. The average molecular weight is 278 g/mol. The molecule has 2 aliphatic carbocycles. The summed E-state index contributed by atoms with van der Waals surface area (Å²) in [7, 11) is -3.61. The van der Waals surface area contributed by atoms with E-state index in [1.807, 2.05) is 6.92 Å². The molecule has 0 N–H and O–H groups in total. The molecule has 0 spiro atoms. The van der Waals surface area contributed by atoms with Crippen LogP contribution >= 0.6 is 0 Å². The van der Waals surface area contributed by atoms with Gasteiger partial charge in [-0.2, -0.15) is 8.42 Å². The van der Waals surface area contributed by atoms with Crippen molar-refractivity contribution in [3.05, 3.63) is 42.0 Å². The van der Waals surface area contributed by atoms with Crippen LogP contribution in [0.1, 0.15) is 18.4 Å². The Morgan fingerprint density at radius 3 is 2.47 bits per heavy atom. The van der Waals surface area contributed by atoms with Crippen LogP contribution in [-0.4, -0.2) is 15.0 Å². The molecule has 0 saturated heterocycles. The summed E-state index contributed by atoms with van der Waals surface area (Å²) in [5.41, 5.74) is 1.04. The minimum Gasteiger partial charge on any atom is -0.266 e. The minimum atomic E-state index is -3.61. The van der Waals surface area contributed by atoms with Gasteiger partial charge in [-0.1, -0.05) is 29.8 Å². The molecular weight excluding hydrogens is 260 g/mol. The lowest BCUT2D eigenvalue weighted by atomic mass is 9.95. The van der Waals surface area contributed by atoms with Crippen LogP contribution in [0.25, 0.3) is 0 Å². The van der Waals surface area contributed by atoms with Gasteiger partial charge in [-0.05, 0) is 49.7 Å². The highest BCUT2D eigenvalue weighted by molar-refractivity contribution is 7.86. The molecule has 0 aromatic heterocycles. The van der Waals surface area contributed by atoms with E-state index in [1.54, 1.807) is 24.3 Å². The second kappa shape index (κ2) is 4.76. The smallest absolute Gasteiger partial charge is 0.266 e. The zero-order valence-electron chi connectivity index (χ0n) is 11.0. The molecule has 19 heavy (non-hydrogen) atoms. The summed E-state index contributed by atoms with van der Waals surface area (Å²) in [5, 5.41) is 0. The molecule has 0 heterocycles. The molecule has 2 bridgehead atoms. The Morgan fingerprint density at radius 1 is 1.16 bits per heavy atom. The normalized spacial score (nSPS) is 29.0. The Morgan fingerprint density at radius 2 is 1.89 bits per heavy atom. The van der Waals surface area contributed by atoms with E-state index in [0.717, 1.165) is 12.0 Å². The van der Waals surface area contributed by atoms with Crippen LogP contribution in [0.3, 0.4) is 0 Å². The standard InChI is InChI=1S/C15H18O3S/c1-11-2-6-15(7-3-11)19(16,17)18-10-14-9-12-4-5-13(14)8-12/h2-7,12-14H,8-10H2,1H3/t12-,13+,14+/m1/s1. The van der Waals surface area contributed by atoms with E-state index in [9.17, 15) is 8.42 Å². The van der Waals surface area contributed by atoms with Gasteiger partial charge in [-0.15, -0.1) is 0 Å². The van der Waals surface area contributed by atoms with Crippen molar-refractivity contribution >= 4 is 10.1 Å². The van der Waals surface area contributed by atoms with Gasteiger partial charge in [0.15, 0.2) is 0 Å². The summed E-state index contributed by atoms with van der Waals surface area (Å²) in [6.45, 7) is 2.24. The van der Waals surface area contributed by atoms with Gasteiger partial charge in [-0.25, -0.2) is 0 Å². The lowest BCUT2D eigenvalue weighted by Gasteiger charge is -2.17. The predicted octanol–water partition coefficient (Wildman–Crippen LogP) is 2.91. The van der Waals surface area contributed by atoms with Crippen molar-refractivity contribution < 1.29 is 12.6 Å². The number of allylic oxidation sites excluding steroid dienone is 2. The van der Waals surface area contributed by atoms with E-state index in [2.05, 4.69) is 12.2 Å². The van der Waals surface area contributed by atoms with Gasteiger partial charge in [0, 0.05) is 0 Å². The zero-order chi connectivity index (χ0) is 13.5. The fraction of sp³-hybridized carbons (Fsp3) is 0.467. The molecule has 1 aromatic rings. The number of fused-ring (bicyclic) bond motifs is 2. The zero-order valence-corrected chi connectivity index (χ0v) is 11.8. The van der Waals surface area contributed by atoms with E-state index < -0.39 is 10.1 Å². The van der Waals surface area contributed by atoms with Crippen molar-refractivity contribution in [3.8, 4) is 0 Å². The number of aryl methyl sites for hydroxylation is 1. The SMILES string of the molecule is Cc1ccc(S(=O)(=O)OC[C@@H]2C[C@@H]3C=C[C@H]2C3)cc1. The van der Waals surface area contributed by atoms with Crippen LogP contribution in [0.2, 0.25) is 0 Å². The molecule has 0 unspecified atom stereocenters. The predicted molar refractivity (Wildman–Crippen MR) is 73.2 cm³/mol. The van der Waals surface area contributed by atoms with Gasteiger partial charge in [0.05, 0.1) is 11.5 Å². The van der Waals surface area contributed by atoms with Crippen LogP contribution in [-0.2, 0) is 14.3 Å². The molecule has 3 nitrogen and oxygen atoms in total. The third-order valence-electron chi connectivity index (χ3n) is 4.16. The highest BCUT2D eigenvalue weighted by Crippen LogP contribution is 2.43. The number of benzene rings is 1. The Kier molecular flexibility index (Phi) is 3.23. The van der Waals surface area contributed by atoms with Gasteiger partial charge in [0.25, 0.3) is 10.1 Å². The van der Waals surface area contributed by atoms with Crippen LogP contribution in [0.4, 0.5) is 0 Å². The van der Waals surface area contributed by atoms with Crippen LogP contribution in [0, 0.1) is 24.7 Å². The van der Waals surface area contributed by atoms with Crippen LogP contribution in [0.5, 0.6) is 0 Å². The molecule has 2 aliphatic rings. The molecule has 1 saturated carbocycles. The summed E-state index contributed by atoms with van der Waals surface area (Å²) in [6.07, 6.45) is 6.68. The van der Waals surface area contributed by atoms with E-state index in [0.29, 0.717) is 24.4 Å². The van der Waals surface area contributed by atoms with E-state index in [1.165, 1.54) is 6.42 Å². The molecule has 102 valence electrons. The molecule has 0 radical (unpaired) electrons. The van der Waals surface area contributed by atoms with Crippen LogP contribution in [0.15, 0.2) is 41.3 Å². The first kappa shape index (κ1) is 12.9. The third kappa shape index (κ3) is 2.60. The van der Waals surface area contributed by atoms with Crippen molar-refractivity contribution in [3.63, 3.8) is 0 Å². The topological polar surface area (TPSA) is 43.4 Å². The maximum Gasteiger partial charge on any atom is 0.296 e. The molecule has 3 rings (SSSR count). The van der Waals surface area contributed by atoms with Crippen molar-refractivity contribution in [2.45, 2.75) is 24.7 Å². The van der Waals surface area contributed by atoms with Crippen molar-refractivity contribution in [2.24, 2.45) is 17.8 Å². The maximum atomic E-state index is 12.1. The second-order valence-electron chi connectivity index (χ2n) is 5.59. The number of hydrogen-bond acceptors (Lipinski definition) is 3. The summed E-state index contributed by atoms with van der Waals surface area (Å²) in [4.78, 5) is 0.247. The first-order valence-electron chi connectivity index (χ1n) is 6.69. The fourth-order valence-electron chi connectivity index (χ4n) is 3.04. The molecule has 4 heteroatoms. The number of hydrogen-bond donors (Lipinski definition) is 0. The monoisotopic (exact) mass is 278 g/mol. The molecule has 0 amide bonds. The highest BCUT2D eigenvalue weighted by atomic mass is 32.2. The first-order chi connectivity index (χ1) is 9.04. The highest BCUT2D eigenvalue weighted by Gasteiger charge is 2.36. The summed E-state index contributed by atoms with van der Waals surface area (Å²) in [6, 6.07) is 6.78. The molecule has 1 fully saturated rings. The summed E-state index contributed by atoms with van der Waals surface area (Å²) >= 11 is 0. The molecule has 0 aliphatic heterocycles. The van der Waals surface area contributed by atoms with Gasteiger partial charge >= 0.3 is 0 Å². The Hall–Kier alpha value is -1.13. The van der Waals surface area contributed by atoms with E-state index >= 15 is 0 Å². The summed E-state index contributed by atoms with van der Waals surface area (Å²) in [5.74, 6) is 1.51. The van der Waals surface area contributed by atoms with Gasteiger partial charge < -0.3 is 0 Å². The van der Waals surface area contributed by atoms with Crippen molar-refractivity contribution in [1.82, 2.24) is 0 Å². The lowest BCUT2D eigenvalue weighted by Crippen LogP contribution is -2.18. The molecule has 1 aromatic carbocycles. The quantitative estimate of drug-likeness (QED) is 0.628. The maximum absolute atomic E-state index is 12.1. The largest absolute Gasteiger partial charge is 0.296 e. The molecular formula is C15H18O3S. The third-order valence-corrected chi connectivity index (χ3v) is 5.46. The van der Waals surface area contributed by atoms with Gasteiger partial charge in [-0.3, -0.25) is 4.18 Å². The fourth-order valence-corrected chi connectivity index (χ4v) is 4.00. The number of rotatable bonds is 4. The van der Waals surface area contributed by atoms with Crippen LogP contribution < -0.4 is 0 Å². The van der Waals surface area contributed by atoms with Crippen molar-refractivity contribution in [2.75, 3.05) is 6.61 Å². The van der Waals surface area contributed by atoms with E-state index in [-0.39, 0.29) is 4.90 Å². The van der Waals surface area contributed by atoms with Gasteiger partial charge in [0.2, 0.25) is 0 Å². The molecule has 3 atom stereocenters. The Balaban J connectivity index is 1.66. The second-order valence-corrected chi connectivity index (χ2v) is 7.21.